The molecule has 1 aromatic heterocycles. The molecule has 3 atom stereocenters. The number of hydrogen-bond donors (Lipinski definition) is 2. The summed E-state index contributed by atoms with van der Waals surface area (Å²) in [5.74, 6) is 1.28. The zero-order chi connectivity index (χ0) is 20.7. The van der Waals surface area contributed by atoms with Crippen molar-refractivity contribution >= 4 is 23.5 Å². The van der Waals surface area contributed by atoms with Crippen molar-refractivity contribution in [3.05, 3.63) is 11.6 Å². The number of pyridine rings is 1. The van der Waals surface area contributed by atoms with E-state index in [9.17, 15) is 14.7 Å². The zero-order valence-corrected chi connectivity index (χ0v) is 17.1. The molecule has 9 nitrogen and oxygen atoms in total. The lowest BCUT2D eigenvalue weighted by Gasteiger charge is -2.45. The molecule has 1 saturated heterocycles. The Labute approximate surface area is 170 Å². The van der Waals surface area contributed by atoms with E-state index in [1.807, 2.05) is 13.0 Å². The highest BCUT2D eigenvalue weighted by atomic mass is 16.5. The van der Waals surface area contributed by atoms with Gasteiger partial charge in [0.05, 0.1) is 26.4 Å². The lowest BCUT2D eigenvalue weighted by molar-refractivity contribution is -0.117. The molecule has 1 aliphatic carbocycles. The monoisotopic (exact) mass is 404 g/mol. The van der Waals surface area contributed by atoms with Crippen LogP contribution in [0.5, 0.6) is 5.88 Å². The average Bonchev–Trinajstić information content (AvgIpc) is 3.54. The maximum Gasteiger partial charge on any atom is 0.405 e. The predicted octanol–water partition coefficient (Wildman–Crippen LogP) is 2.02. The van der Waals surface area contributed by atoms with Gasteiger partial charge in [0, 0.05) is 37.5 Å². The summed E-state index contributed by atoms with van der Waals surface area (Å²) in [6.45, 7) is 6.18. The highest BCUT2D eigenvalue weighted by Crippen LogP contribution is 2.52. The molecule has 1 saturated carbocycles. The third kappa shape index (κ3) is 3.59. The van der Waals surface area contributed by atoms with Gasteiger partial charge in [-0.1, -0.05) is 6.92 Å². The Morgan fingerprint density at radius 1 is 1.31 bits per heavy atom. The maximum absolute atomic E-state index is 12.7. The van der Waals surface area contributed by atoms with Gasteiger partial charge in [0.1, 0.15) is 11.5 Å². The maximum atomic E-state index is 12.7. The number of nitrogens with zero attached hydrogens (tertiary/aromatic N) is 3. The molecule has 9 heteroatoms. The second-order valence-electron chi connectivity index (χ2n) is 8.03. The number of methoxy groups -OCH3 is 1. The summed E-state index contributed by atoms with van der Waals surface area (Å²) in [6, 6.07) is 1.38. The minimum Gasteiger partial charge on any atom is -0.479 e. The first kappa shape index (κ1) is 19.8. The van der Waals surface area contributed by atoms with Crippen LogP contribution in [0.15, 0.2) is 6.07 Å². The molecule has 2 amide bonds. The topological polar surface area (TPSA) is 104 Å². The van der Waals surface area contributed by atoms with E-state index in [2.05, 4.69) is 10.2 Å². The van der Waals surface area contributed by atoms with Gasteiger partial charge in [-0.25, -0.2) is 4.79 Å². The molecule has 158 valence electrons. The van der Waals surface area contributed by atoms with Crippen LogP contribution in [-0.2, 0) is 9.53 Å². The number of fused-ring (bicyclic) bond motifs is 1. The fourth-order valence-electron chi connectivity index (χ4n) is 4.75. The van der Waals surface area contributed by atoms with Gasteiger partial charge in [0.2, 0.25) is 11.8 Å². The first-order valence-corrected chi connectivity index (χ1v) is 10.1. The second-order valence-corrected chi connectivity index (χ2v) is 8.03. The van der Waals surface area contributed by atoms with Crippen LogP contribution in [0.3, 0.4) is 0 Å². The minimum atomic E-state index is -1.08. The van der Waals surface area contributed by atoms with E-state index in [4.69, 9.17) is 14.5 Å². The first-order chi connectivity index (χ1) is 13.9. The van der Waals surface area contributed by atoms with E-state index in [1.165, 1.54) is 7.11 Å². The molecule has 0 bridgehead atoms. The fraction of sp³-hybridized carbons (Fsp3) is 0.650. The van der Waals surface area contributed by atoms with E-state index in [-0.39, 0.29) is 17.9 Å². The van der Waals surface area contributed by atoms with Gasteiger partial charge in [0.25, 0.3) is 0 Å². The van der Waals surface area contributed by atoms with Gasteiger partial charge in [-0.15, -0.1) is 0 Å². The number of carboxylic acid groups (broad SMARTS) is 1. The van der Waals surface area contributed by atoms with Crippen LogP contribution in [0.2, 0.25) is 0 Å². The largest absolute Gasteiger partial charge is 0.479 e. The molecule has 4 rings (SSSR count). The van der Waals surface area contributed by atoms with E-state index < -0.39 is 12.1 Å². The van der Waals surface area contributed by atoms with Gasteiger partial charge >= 0.3 is 6.09 Å². The van der Waals surface area contributed by atoms with Crippen molar-refractivity contribution in [1.29, 1.82) is 0 Å². The lowest BCUT2D eigenvalue weighted by Crippen LogP contribution is -2.53. The van der Waals surface area contributed by atoms with Crippen molar-refractivity contribution < 1.29 is 24.2 Å². The first-order valence-electron chi connectivity index (χ1n) is 10.1. The summed E-state index contributed by atoms with van der Waals surface area (Å²) < 4.78 is 11.1. The van der Waals surface area contributed by atoms with Crippen molar-refractivity contribution in [2.45, 2.75) is 38.8 Å². The molecule has 0 unspecified atom stereocenters. The molecule has 0 spiro atoms. The molecule has 3 heterocycles. The molecule has 29 heavy (non-hydrogen) atoms. The molecule has 2 fully saturated rings. The van der Waals surface area contributed by atoms with Crippen LogP contribution in [0.1, 0.15) is 38.3 Å². The molecule has 3 aliphatic rings. The van der Waals surface area contributed by atoms with Crippen molar-refractivity contribution in [2.24, 2.45) is 11.8 Å². The molecule has 2 aliphatic heterocycles. The van der Waals surface area contributed by atoms with E-state index >= 15 is 0 Å². The van der Waals surface area contributed by atoms with Crippen molar-refractivity contribution in [2.75, 3.05) is 43.2 Å². The molecular formula is C20H28N4O5. The van der Waals surface area contributed by atoms with Crippen molar-refractivity contribution in [1.82, 2.24) is 10.3 Å². The third-order valence-corrected chi connectivity index (χ3v) is 6.17. The standard InChI is InChI=1S/C20H28N4O5/c1-11-16(22-20(26)27)14-10-15(23-6-8-29-9-7-23)21-19(28-3)18(14)24(12(2)25)17(11)13-4-5-13/h10-11,13,16-17,22H,4-9H2,1-3H3,(H,26,27)/t11-,16-,17+/m1/s1. The number of anilines is 2. The van der Waals surface area contributed by atoms with Crippen LogP contribution < -0.4 is 19.9 Å². The zero-order valence-electron chi connectivity index (χ0n) is 17.1. The summed E-state index contributed by atoms with van der Waals surface area (Å²) in [5.41, 5.74) is 1.33. The minimum absolute atomic E-state index is 0.0698. The number of carbonyl (C=O) groups is 2. The van der Waals surface area contributed by atoms with E-state index in [0.717, 1.165) is 18.4 Å². The Hall–Kier alpha value is -2.55. The summed E-state index contributed by atoms with van der Waals surface area (Å²) >= 11 is 0. The number of rotatable bonds is 4. The third-order valence-electron chi connectivity index (χ3n) is 6.17. The fourth-order valence-corrected chi connectivity index (χ4v) is 4.75. The molecule has 0 aromatic carbocycles. The van der Waals surface area contributed by atoms with Gasteiger partial charge in [0.15, 0.2) is 0 Å². The van der Waals surface area contributed by atoms with E-state index in [1.54, 1.807) is 11.8 Å². The van der Waals surface area contributed by atoms with Crippen LogP contribution in [-0.4, -0.2) is 61.5 Å². The molecule has 0 radical (unpaired) electrons. The van der Waals surface area contributed by atoms with Gasteiger partial charge in [-0.05, 0) is 24.8 Å². The Bertz CT molecular complexity index is 806. The van der Waals surface area contributed by atoms with Gasteiger partial charge < -0.3 is 29.7 Å². The highest BCUT2D eigenvalue weighted by Gasteiger charge is 2.49. The number of nitrogens with one attached hydrogen (secondary N) is 1. The number of aromatic nitrogens is 1. The number of hydrogen-bond acceptors (Lipinski definition) is 6. The Morgan fingerprint density at radius 3 is 2.55 bits per heavy atom. The summed E-state index contributed by atoms with van der Waals surface area (Å²) in [5, 5.41) is 12.2. The Morgan fingerprint density at radius 2 is 2.00 bits per heavy atom. The number of amides is 2. The summed E-state index contributed by atoms with van der Waals surface area (Å²) in [7, 11) is 1.54. The van der Waals surface area contributed by atoms with Crippen LogP contribution in [0.4, 0.5) is 16.3 Å². The summed E-state index contributed by atoms with van der Waals surface area (Å²) in [4.78, 5) is 32.9. The Kier molecular flexibility index (Phi) is 5.24. The Balaban J connectivity index is 1.87. The SMILES string of the molecule is COc1nc(N2CCOCC2)cc2c1N(C(C)=O)[C@H](C1CC1)[C@H](C)[C@H]2NC(=O)O. The lowest BCUT2D eigenvalue weighted by atomic mass is 9.80. The van der Waals surface area contributed by atoms with Crippen LogP contribution >= 0.6 is 0 Å². The average molecular weight is 404 g/mol. The number of morpholine rings is 1. The molecule has 1 aromatic rings. The highest BCUT2D eigenvalue weighted by molar-refractivity contribution is 5.96. The van der Waals surface area contributed by atoms with Crippen molar-refractivity contribution in [3.63, 3.8) is 0 Å². The number of ether oxygens (including phenoxy) is 2. The van der Waals surface area contributed by atoms with Crippen molar-refractivity contribution in [3.8, 4) is 5.88 Å². The molecule has 2 N–H and O–H groups in total. The predicted molar refractivity (Wildman–Crippen MR) is 107 cm³/mol. The summed E-state index contributed by atoms with van der Waals surface area (Å²) in [6.07, 6.45) is 0.993. The quantitative estimate of drug-likeness (QED) is 0.791. The van der Waals surface area contributed by atoms with Gasteiger partial charge in [-0.2, -0.15) is 4.98 Å². The smallest absolute Gasteiger partial charge is 0.405 e. The second kappa shape index (κ2) is 7.70. The van der Waals surface area contributed by atoms with Crippen LogP contribution in [0.25, 0.3) is 0 Å². The normalized spacial score (nSPS) is 26.7. The van der Waals surface area contributed by atoms with Gasteiger partial charge in [-0.3, -0.25) is 4.79 Å². The number of carbonyl (C=O) groups excluding carboxylic acids is 1. The van der Waals surface area contributed by atoms with E-state index in [0.29, 0.717) is 49.6 Å². The van der Waals surface area contributed by atoms with Crippen LogP contribution in [0, 0.1) is 11.8 Å². The molecular weight excluding hydrogens is 376 g/mol.